The first kappa shape index (κ1) is 24.0. The van der Waals surface area contributed by atoms with E-state index in [-0.39, 0.29) is 23.5 Å². The number of aromatic carboxylic acids is 1. The maximum Gasteiger partial charge on any atom is 0.354 e. The molecule has 2 aromatic carbocycles. The number of carboxylic acid groups (broad SMARTS) is 1. The van der Waals surface area contributed by atoms with Crippen LogP contribution in [0.25, 0.3) is 21.3 Å². The third-order valence-electron chi connectivity index (χ3n) is 6.56. The second-order valence-corrected chi connectivity index (χ2v) is 10.2. The summed E-state index contributed by atoms with van der Waals surface area (Å²) in [5, 5.41) is 10.4. The number of fused-ring (bicyclic) bond motifs is 2. The van der Waals surface area contributed by atoms with Crippen LogP contribution in [0.5, 0.6) is 0 Å². The minimum absolute atomic E-state index is 0.0611. The highest BCUT2D eigenvalue weighted by Crippen LogP contribution is 2.48. The molecule has 2 aliphatic rings. The van der Waals surface area contributed by atoms with Gasteiger partial charge in [0.25, 0.3) is 5.91 Å². The minimum Gasteiger partial charge on any atom is -0.477 e. The zero-order valence-corrected chi connectivity index (χ0v) is 20.4. The van der Waals surface area contributed by atoms with Gasteiger partial charge in [-0.3, -0.25) is 4.79 Å². The molecule has 1 aliphatic heterocycles. The quantitative estimate of drug-likeness (QED) is 0.415. The molecule has 3 N–H and O–H groups in total. The SMILES string of the molecule is Cc1nc(C(=O)N2[C@H](CN)C[C@@H]3C[C@@H]32)c(-c2cccc(F)c2)s1.O=C(O)c1ccc2ccccc2n1. The van der Waals surface area contributed by atoms with E-state index in [2.05, 4.69) is 9.97 Å². The van der Waals surface area contributed by atoms with Gasteiger partial charge < -0.3 is 15.7 Å². The number of thiazole rings is 1. The second kappa shape index (κ2) is 9.75. The average Bonchev–Trinajstić information content (AvgIpc) is 3.36. The summed E-state index contributed by atoms with van der Waals surface area (Å²) in [4.78, 5) is 34.7. The zero-order chi connectivity index (χ0) is 25.4. The first-order chi connectivity index (χ1) is 17.4. The van der Waals surface area contributed by atoms with Crippen LogP contribution in [-0.2, 0) is 0 Å². The summed E-state index contributed by atoms with van der Waals surface area (Å²) in [7, 11) is 0. The highest BCUT2D eigenvalue weighted by Gasteiger charge is 2.54. The molecular weight excluding hydrogens is 479 g/mol. The molecule has 0 unspecified atom stereocenters. The molecule has 7 nitrogen and oxygen atoms in total. The van der Waals surface area contributed by atoms with E-state index in [4.69, 9.17) is 10.8 Å². The Labute approximate surface area is 211 Å². The number of para-hydroxylation sites is 1. The molecule has 1 amide bonds. The molecule has 2 aromatic heterocycles. The van der Waals surface area contributed by atoms with E-state index >= 15 is 0 Å². The fraction of sp³-hybridized carbons (Fsp3) is 0.259. The number of aryl methyl sites for hydroxylation is 1. The molecule has 4 aromatic rings. The van der Waals surface area contributed by atoms with Gasteiger partial charge in [-0.25, -0.2) is 19.2 Å². The Morgan fingerprint density at radius 2 is 1.92 bits per heavy atom. The standard InChI is InChI=1S/C17H18FN3OS.C10H7NO2/c1-9-20-15(16(23-9)10-3-2-4-12(18)5-10)17(22)21-13(8-19)6-11-7-14(11)21;12-10(13)9-6-5-7-3-1-2-4-8(7)11-9/h2-5,11,13-14H,6-8,19H2,1H3;1-6H,(H,12,13)/t11-,13+,14+;/m1./s1. The van der Waals surface area contributed by atoms with E-state index in [1.54, 1.807) is 18.2 Å². The van der Waals surface area contributed by atoms with Crippen LogP contribution in [0, 0.1) is 18.7 Å². The van der Waals surface area contributed by atoms with E-state index in [1.165, 1.54) is 29.5 Å². The van der Waals surface area contributed by atoms with E-state index in [1.807, 2.05) is 36.1 Å². The lowest BCUT2D eigenvalue weighted by molar-refractivity contribution is 0.0685. The van der Waals surface area contributed by atoms with Crippen molar-refractivity contribution in [2.75, 3.05) is 6.54 Å². The number of likely N-dealkylation sites (tertiary alicyclic amines) is 1. The van der Waals surface area contributed by atoms with Crippen LogP contribution < -0.4 is 5.73 Å². The molecule has 36 heavy (non-hydrogen) atoms. The number of nitrogens with zero attached hydrogens (tertiary/aromatic N) is 3. The van der Waals surface area contributed by atoms with E-state index in [0.717, 1.165) is 28.1 Å². The molecule has 0 bridgehead atoms. The van der Waals surface area contributed by atoms with E-state index < -0.39 is 5.97 Å². The Morgan fingerprint density at radius 3 is 2.67 bits per heavy atom. The monoisotopic (exact) mass is 504 g/mol. The van der Waals surface area contributed by atoms with Crippen LogP contribution in [0.1, 0.15) is 38.8 Å². The van der Waals surface area contributed by atoms with Crippen LogP contribution in [0.15, 0.2) is 60.7 Å². The fourth-order valence-electron chi connectivity index (χ4n) is 4.79. The van der Waals surface area contributed by atoms with Crippen LogP contribution in [0.4, 0.5) is 4.39 Å². The van der Waals surface area contributed by atoms with Crippen molar-refractivity contribution >= 4 is 34.1 Å². The van der Waals surface area contributed by atoms with Crippen molar-refractivity contribution in [3.8, 4) is 10.4 Å². The van der Waals surface area contributed by atoms with Gasteiger partial charge in [-0.15, -0.1) is 11.3 Å². The van der Waals surface area contributed by atoms with Gasteiger partial charge in [0.2, 0.25) is 0 Å². The van der Waals surface area contributed by atoms with Gasteiger partial charge in [-0.05, 0) is 55.5 Å². The number of nitrogens with two attached hydrogens (primary N) is 1. The van der Waals surface area contributed by atoms with Crippen LogP contribution in [-0.4, -0.2) is 50.5 Å². The predicted octanol–water partition coefficient (Wildman–Crippen LogP) is 4.75. The van der Waals surface area contributed by atoms with Gasteiger partial charge in [0.1, 0.15) is 17.2 Å². The van der Waals surface area contributed by atoms with Crippen molar-refractivity contribution in [2.24, 2.45) is 11.7 Å². The Hall–Kier alpha value is -3.69. The highest BCUT2D eigenvalue weighted by molar-refractivity contribution is 7.15. The number of carbonyl (C=O) groups excluding carboxylic acids is 1. The van der Waals surface area contributed by atoms with Gasteiger partial charge in [-0.2, -0.15) is 0 Å². The third-order valence-corrected chi connectivity index (χ3v) is 7.58. The smallest absolute Gasteiger partial charge is 0.354 e. The van der Waals surface area contributed by atoms with Crippen molar-refractivity contribution < 1.29 is 19.1 Å². The number of amides is 1. The summed E-state index contributed by atoms with van der Waals surface area (Å²) in [6.07, 6.45) is 2.06. The van der Waals surface area contributed by atoms with Crippen molar-refractivity contribution in [2.45, 2.75) is 31.8 Å². The summed E-state index contributed by atoms with van der Waals surface area (Å²) < 4.78 is 13.6. The first-order valence-corrected chi connectivity index (χ1v) is 12.5. The maximum absolute atomic E-state index is 13.6. The number of rotatable bonds is 4. The van der Waals surface area contributed by atoms with Crippen LogP contribution in [0.2, 0.25) is 0 Å². The molecule has 9 heteroatoms. The summed E-state index contributed by atoms with van der Waals surface area (Å²) in [6.45, 7) is 2.35. The normalized spacial score (nSPS) is 20.0. The van der Waals surface area contributed by atoms with Crippen molar-refractivity contribution in [3.63, 3.8) is 0 Å². The highest BCUT2D eigenvalue weighted by atomic mass is 32.1. The third kappa shape index (κ3) is 4.72. The van der Waals surface area contributed by atoms with Crippen molar-refractivity contribution in [3.05, 3.63) is 82.9 Å². The number of pyridine rings is 1. The Kier molecular flexibility index (Phi) is 6.51. The number of aromatic nitrogens is 2. The van der Waals surface area contributed by atoms with Crippen molar-refractivity contribution in [1.82, 2.24) is 14.9 Å². The first-order valence-electron chi connectivity index (χ1n) is 11.7. The van der Waals surface area contributed by atoms with Crippen LogP contribution >= 0.6 is 11.3 Å². The van der Waals surface area contributed by atoms with Gasteiger partial charge in [-0.1, -0.05) is 36.4 Å². The Balaban J connectivity index is 0.000000174. The molecule has 1 saturated heterocycles. The predicted molar refractivity (Wildman–Crippen MR) is 136 cm³/mol. The van der Waals surface area contributed by atoms with Crippen molar-refractivity contribution in [1.29, 1.82) is 0 Å². The minimum atomic E-state index is -0.995. The molecule has 2 fully saturated rings. The number of halogens is 1. The lowest BCUT2D eigenvalue weighted by atomic mass is 10.1. The molecule has 0 spiro atoms. The van der Waals surface area contributed by atoms with E-state index in [0.29, 0.717) is 35.3 Å². The molecule has 6 rings (SSSR count). The van der Waals surface area contributed by atoms with Crippen LogP contribution in [0.3, 0.4) is 0 Å². The number of hydrogen-bond donors (Lipinski definition) is 2. The largest absolute Gasteiger partial charge is 0.477 e. The maximum atomic E-state index is 13.6. The summed E-state index contributed by atoms with van der Waals surface area (Å²) in [5.74, 6) is -0.764. The molecule has 1 aliphatic carbocycles. The molecule has 0 radical (unpaired) electrons. The average molecular weight is 505 g/mol. The Morgan fingerprint density at radius 1 is 1.11 bits per heavy atom. The lowest BCUT2D eigenvalue weighted by Gasteiger charge is -2.26. The number of benzene rings is 2. The van der Waals surface area contributed by atoms with Gasteiger partial charge in [0, 0.05) is 24.0 Å². The lowest BCUT2D eigenvalue weighted by Crippen LogP contribution is -2.42. The molecular formula is C27H25FN4O3S. The topological polar surface area (TPSA) is 109 Å². The summed E-state index contributed by atoms with van der Waals surface area (Å²) in [5.41, 5.74) is 7.77. The summed E-state index contributed by atoms with van der Waals surface area (Å²) >= 11 is 1.43. The van der Waals surface area contributed by atoms with E-state index in [9.17, 15) is 14.0 Å². The Bertz CT molecular complexity index is 1460. The van der Waals surface area contributed by atoms with Gasteiger partial charge in [0.05, 0.1) is 15.4 Å². The number of carbonyl (C=O) groups is 2. The molecule has 184 valence electrons. The molecule has 3 atom stereocenters. The number of hydrogen-bond acceptors (Lipinski definition) is 6. The number of carboxylic acids is 1. The molecule has 1 saturated carbocycles. The second-order valence-electron chi connectivity index (χ2n) is 9.02. The molecule has 3 heterocycles. The number of piperidine rings is 1. The van der Waals surface area contributed by atoms with Gasteiger partial charge in [0.15, 0.2) is 0 Å². The van der Waals surface area contributed by atoms with Gasteiger partial charge >= 0.3 is 5.97 Å². The summed E-state index contributed by atoms with van der Waals surface area (Å²) in [6, 6.07) is 17.4. The fourth-order valence-corrected chi connectivity index (χ4v) is 5.70. The zero-order valence-electron chi connectivity index (χ0n) is 19.6.